The number of piperazine rings is 1. The van der Waals surface area contributed by atoms with Crippen LogP contribution >= 0.6 is 0 Å². The molecule has 1 heterocycles. The Kier molecular flexibility index (Phi) is 6.75. The summed E-state index contributed by atoms with van der Waals surface area (Å²) < 4.78 is 38.0. The third-order valence-electron chi connectivity index (χ3n) is 3.30. The number of likely N-dealkylation sites (N-methyl/N-ethyl adjacent to an activating group) is 1. The molecule has 1 aliphatic rings. The number of nitrogens with zero attached hydrogens (tertiary/aromatic N) is 2. The number of benzene rings is 1. The molecule has 1 aromatic carbocycles. The van der Waals surface area contributed by atoms with E-state index in [-0.39, 0.29) is 62.9 Å². The molecule has 0 radical (unpaired) electrons. The molecule has 2 rings (SSSR count). The van der Waals surface area contributed by atoms with Crippen LogP contribution in [0.3, 0.4) is 0 Å². The van der Waals surface area contributed by atoms with Crippen LogP contribution in [0.5, 0.6) is 0 Å². The minimum absolute atomic E-state index is 0. The summed E-state index contributed by atoms with van der Waals surface area (Å²) in [5.41, 5.74) is -0.610. The van der Waals surface area contributed by atoms with Gasteiger partial charge in [0.1, 0.15) is 0 Å². The van der Waals surface area contributed by atoms with Gasteiger partial charge in [0.05, 0.1) is 0 Å². The average Bonchev–Trinajstić information content (AvgIpc) is 2.38. The van der Waals surface area contributed by atoms with Crippen molar-refractivity contribution < 1.29 is 69.1 Å². The van der Waals surface area contributed by atoms with Crippen molar-refractivity contribution in [1.82, 2.24) is 9.80 Å². The van der Waals surface area contributed by atoms with Crippen molar-refractivity contribution in [2.75, 3.05) is 33.2 Å². The molecule has 1 fully saturated rings. The van der Waals surface area contributed by atoms with Crippen LogP contribution in [0.4, 0.5) is 12.9 Å². The minimum atomic E-state index is -5.06. The Morgan fingerprint density at radius 1 is 1.15 bits per heavy atom. The molecular formula is C12H15BF3KN2O. The van der Waals surface area contributed by atoms with E-state index in [1.807, 2.05) is 7.05 Å². The van der Waals surface area contributed by atoms with E-state index in [0.29, 0.717) is 13.1 Å². The Morgan fingerprint density at radius 2 is 1.75 bits per heavy atom. The predicted molar refractivity (Wildman–Crippen MR) is 68.6 cm³/mol. The van der Waals surface area contributed by atoms with Gasteiger partial charge in [-0.25, -0.2) is 0 Å². The van der Waals surface area contributed by atoms with Gasteiger partial charge in [-0.2, -0.15) is 0 Å². The van der Waals surface area contributed by atoms with Crippen molar-refractivity contribution in [2.24, 2.45) is 0 Å². The Balaban J connectivity index is 0.00000200. The van der Waals surface area contributed by atoms with Crippen LogP contribution in [0.1, 0.15) is 10.4 Å². The van der Waals surface area contributed by atoms with Crippen molar-refractivity contribution in [1.29, 1.82) is 0 Å². The molecule has 0 unspecified atom stereocenters. The molecular weight excluding hydrogens is 295 g/mol. The maximum atomic E-state index is 12.7. The Morgan fingerprint density at radius 3 is 2.30 bits per heavy atom. The van der Waals surface area contributed by atoms with Gasteiger partial charge in [-0.1, -0.05) is 18.2 Å². The first kappa shape index (κ1) is 18.2. The number of rotatable bonds is 2. The Labute approximate surface area is 159 Å². The van der Waals surface area contributed by atoms with E-state index in [0.717, 1.165) is 25.2 Å². The van der Waals surface area contributed by atoms with Crippen LogP contribution in [0.25, 0.3) is 0 Å². The van der Waals surface area contributed by atoms with E-state index >= 15 is 0 Å². The fourth-order valence-corrected chi connectivity index (χ4v) is 2.07. The molecule has 1 aliphatic heterocycles. The SMILES string of the molecule is CN1CCN(C(=O)c2cccc([B-](F)(F)F)c2)CC1.[K+]. The number of carbonyl (C=O) groups is 1. The number of amides is 1. The topological polar surface area (TPSA) is 23.6 Å². The molecule has 0 atom stereocenters. The molecule has 0 bridgehead atoms. The molecule has 0 N–H and O–H groups in total. The fraction of sp³-hybridized carbons (Fsp3) is 0.417. The molecule has 1 aromatic rings. The van der Waals surface area contributed by atoms with Crippen LogP contribution in [0, 0.1) is 0 Å². The molecule has 3 nitrogen and oxygen atoms in total. The van der Waals surface area contributed by atoms with Crippen LogP contribution in [-0.4, -0.2) is 55.9 Å². The summed E-state index contributed by atoms with van der Waals surface area (Å²) in [4.78, 5) is 15.8. The summed E-state index contributed by atoms with van der Waals surface area (Å²) >= 11 is 0. The summed E-state index contributed by atoms with van der Waals surface area (Å²) in [6.07, 6.45) is 0. The van der Waals surface area contributed by atoms with E-state index in [1.165, 1.54) is 12.1 Å². The molecule has 1 saturated heterocycles. The number of carbonyl (C=O) groups excluding carboxylic acids is 1. The van der Waals surface area contributed by atoms with Crippen LogP contribution in [0.2, 0.25) is 0 Å². The third-order valence-corrected chi connectivity index (χ3v) is 3.30. The van der Waals surface area contributed by atoms with Crippen molar-refractivity contribution in [3.63, 3.8) is 0 Å². The number of hydrogen-bond donors (Lipinski definition) is 0. The van der Waals surface area contributed by atoms with Crippen LogP contribution in [0.15, 0.2) is 24.3 Å². The molecule has 104 valence electrons. The zero-order chi connectivity index (χ0) is 14.0. The number of hydrogen-bond acceptors (Lipinski definition) is 2. The molecule has 0 spiro atoms. The van der Waals surface area contributed by atoms with Gasteiger partial charge in [0.15, 0.2) is 0 Å². The van der Waals surface area contributed by atoms with Crippen molar-refractivity contribution in [3.8, 4) is 0 Å². The van der Waals surface area contributed by atoms with Gasteiger partial charge in [-0.3, -0.25) is 4.79 Å². The van der Waals surface area contributed by atoms with Gasteiger partial charge in [0.25, 0.3) is 5.91 Å². The number of halogens is 3. The van der Waals surface area contributed by atoms with E-state index in [4.69, 9.17) is 0 Å². The summed E-state index contributed by atoms with van der Waals surface area (Å²) in [6.45, 7) is -2.47. The summed E-state index contributed by atoms with van der Waals surface area (Å²) in [7, 11) is 1.95. The second kappa shape index (κ2) is 7.42. The molecule has 0 aromatic heterocycles. The van der Waals surface area contributed by atoms with Gasteiger partial charge < -0.3 is 22.7 Å². The smallest absolute Gasteiger partial charge is 0.445 e. The van der Waals surface area contributed by atoms with Gasteiger partial charge in [-0.15, -0.1) is 5.46 Å². The first-order valence-electron chi connectivity index (χ1n) is 6.15. The zero-order valence-corrected chi connectivity index (χ0v) is 14.8. The van der Waals surface area contributed by atoms with E-state index in [2.05, 4.69) is 4.90 Å². The molecule has 1 amide bonds. The van der Waals surface area contributed by atoms with Crippen molar-refractivity contribution in [3.05, 3.63) is 29.8 Å². The van der Waals surface area contributed by atoms with E-state index in [9.17, 15) is 17.7 Å². The zero-order valence-electron chi connectivity index (χ0n) is 11.7. The quantitative estimate of drug-likeness (QED) is 0.598. The van der Waals surface area contributed by atoms with Gasteiger partial charge in [-0.05, 0) is 13.1 Å². The van der Waals surface area contributed by atoms with Crippen LogP contribution in [-0.2, 0) is 0 Å². The maximum absolute atomic E-state index is 12.7. The van der Waals surface area contributed by atoms with Gasteiger partial charge in [0.2, 0.25) is 0 Å². The summed E-state index contributed by atoms with van der Waals surface area (Å²) in [6, 6.07) is 4.67. The second-order valence-electron chi connectivity index (χ2n) is 4.80. The largest absolute Gasteiger partial charge is 1.00 e. The van der Waals surface area contributed by atoms with Crippen LogP contribution < -0.4 is 56.8 Å². The standard InChI is InChI=1S/C12H15BF3N2O.K/c1-17-5-7-18(8-6-17)12(19)10-3-2-4-11(9-10)13(14,15)16;/h2-4,9H,5-8H2,1H3;/q-1;+1. The second-order valence-corrected chi connectivity index (χ2v) is 4.80. The fourth-order valence-electron chi connectivity index (χ4n) is 2.07. The molecule has 0 aliphatic carbocycles. The van der Waals surface area contributed by atoms with Crippen molar-refractivity contribution in [2.45, 2.75) is 0 Å². The van der Waals surface area contributed by atoms with Gasteiger partial charge >= 0.3 is 58.4 Å². The first-order chi connectivity index (χ1) is 8.88. The van der Waals surface area contributed by atoms with Gasteiger partial charge in [0, 0.05) is 31.7 Å². The predicted octanol–water partition coefficient (Wildman–Crippen LogP) is -1.87. The minimum Gasteiger partial charge on any atom is -0.445 e. The molecule has 0 saturated carbocycles. The Bertz CT molecular complexity index is 476. The Hall–Kier alpha value is 0.141. The maximum Gasteiger partial charge on any atom is 1.00 e. The summed E-state index contributed by atoms with van der Waals surface area (Å²) in [5, 5.41) is 0. The molecule has 20 heavy (non-hydrogen) atoms. The average molecular weight is 310 g/mol. The third kappa shape index (κ3) is 4.57. The monoisotopic (exact) mass is 310 g/mol. The first-order valence-corrected chi connectivity index (χ1v) is 6.15. The van der Waals surface area contributed by atoms with E-state index in [1.54, 1.807) is 4.90 Å². The molecule has 8 heteroatoms. The van der Waals surface area contributed by atoms with Crippen molar-refractivity contribution >= 4 is 18.3 Å². The van der Waals surface area contributed by atoms with E-state index < -0.39 is 12.4 Å². The summed E-state index contributed by atoms with van der Waals surface area (Å²) in [5.74, 6) is -0.324. The normalized spacial score (nSPS) is 16.7.